The van der Waals surface area contributed by atoms with Crippen molar-refractivity contribution in [1.82, 2.24) is 5.32 Å². The summed E-state index contributed by atoms with van der Waals surface area (Å²) in [5.41, 5.74) is 0. The van der Waals surface area contributed by atoms with Gasteiger partial charge < -0.3 is 28.5 Å². The van der Waals surface area contributed by atoms with Crippen LogP contribution >= 0.6 is 7.82 Å². The number of unbranched alkanes of at least 4 members (excludes halogenated alkanes) is 32. The van der Waals surface area contributed by atoms with E-state index in [0.29, 0.717) is 23.9 Å². The molecule has 0 heterocycles. The van der Waals surface area contributed by atoms with Crippen LogP contribution in [0.15, 0.2) is 72.9 Å². The smallest absolute Gasteiger partial charge is 0.306 e. The summed E-state index contributed by atoms with van der Waals surface area (Å²) in [4.78, 5) is 40.0. The summed E-state index contributed by atoms with van der Waals surface area (Å²) in [5, 5.41) is 3.03. The molecule has 3 unspecified atom stereocenters. The first kappa shape index (κ1) is 74.5. The van der Waals surface area contributed by atoms with Crippen LogP contribution in [0.5, 0.6) is 0 Å². The van der Waals surface area contributed by atoms with E-state index in [0.717, 1.165) is 83.5 Å². The van der Waals surface area contributed by atoms with Gasteiger partial charge in [-0.3, -0.25) is 14.2 Å². The summed E-state index contributed by atoms with van der Waals surface area (Å²) < 4.78 is 30.3. The third-order valence-corrected chi connectivity index (χ3v) is 15.1. The van der Waals surface area contributed by atoms with Crippen molar-refractivity contribution in [3.05, 3.63) is 72.9 Å². The Hall–Kier alpha value is -2.55. The molecule has 10 heteroatoms. The average Bonchev–Trinajstić information content (AvgIpc) is 3.39. The van der Waals surface area contributed by atoms with Crippen LogP contribution in [0.25, 0.3) is 0 Å². The lowest BCUT2D eigenvalue weighted by molar-refractivity contribution is -0.870. The SMILES string of the molecule is CCCCC/C=C\C/C=C\C/C=C\CCCCCCC(=O)OC(/C=C\CCCCCCCCCCC)C(COP(=O)([O-])OCC[N+](C)(C)C)NC(=O)CCCCCCCCCCCCCCC/C=C\C/C=C\CCCCC. The molecule has 0 aromatic rings. The molecule has 0 aromatic heterocycles. The fourth-order valence-electron chi connectivity index (χ4n) is 9.09. The average molecular weight is 1100 g/mol. The number of allylic oxidation sites excluding steroid dienone is 11. The van der Waals surface area contributed by atoms with Gasteiger partial charge in [-0.05, 0) is 102 Å². The molecule has 0 spiro atoms. The molecule has 0 aromatic carbocycles. The number of nitrogens with zero attached hydrogens (tertiary/aromatic N) is 1. The van der Waals surface area contributed by atoms with E-state index in [1.807, 2.05) is 33.3 Å². The number of likely N-dealkylation sites (N-methyl/N-ethyl adjacent to an activating group) is 1. The zero-order chi connectivity index (χ0) is 56.4. The Balaban J connectivity index is 5.16. The first-order valence-corrected chi connectivity index (χ1v) is 33.7. The van der Waals surface area contributed by atoms with Crippen molar-refractivity contribution in [2.45, 2.75) is 303 Å². The number of quaternary nitrogens is 1. The number of ether oxygens (including phenoxy) is 1. The van der Waals surface area contributed by atoms with Gasteiger partial charge >= 0.3 is 5.97 Å². The zero-order valence-corrected chi connectivity index (χ0v) is 52.0. The molecule has 0 bridgehead atoms. The molecule has 1 amide bonds. The molecule has 0 aliphatic heterocycles. The van der Waals surface area contributed by atoms with Crippen LogP contribution < -0.4 is 10.2 Å². The van der Waals surface area contributed by atoms with Crippen LogP contribution in [0, 0.1) is 0 Å². The molecule has 448 valence electrons. The zero-order valence-electron chi connectivity index (χ0n) is 51.2. The monoisotopic (exact) mass is 1100 g/mol. The quantitative estimate of drug-likeness (QED) is 0.0212. The highest BCUT2D eigenvalue weighted by atomic mass is 31.2. The summed E-state index contributed by atoms with van der Waals surface area (Å²) in [6.07, 6.45) is 73.0. The van der Waals surface area contributed by atoms with E-state index >= 15 is 0 Å². The van der Waals surface area contributed by atoms with E-state index in [9.17, 15) is 19.0 Å². The van der Waals surface area contributed by atoms with E-state index in [1.165, 1.54) is 167 Å². The standard InChI is InChI=1S/C67H123N2O7P/c1-7-10-13-16-19-22-25-27-29-31-32-33-34-35-36-38-39-41-44-47-50-53-56-59-66(70)68-64(63-75-77(72,73)74-62-61-69(4,5)6)65(58-55-52-49-46-43-24-21-18-15-12-9-3)76-67(71)60-57-54-51-48-45-42-40-37-30-28-26-23-20-17-14-11-8-2/h19-20,22-23,27-30,40,42,55,58,64-65H,7-18,21,24-26,31-39,41,43-54,56-57,59-63H2,1-6H3,(H-,68,70,72,73)/b22-19-,23-20-,29-27-,30-28-,42-40-,58-55-. The molecular formula is C67H123N2O7P. The summed E-state index contributed by atoms with van der Waals surface area (Å²) >= 11 is 0. The van der Waals surface area contributed by atoms with Crippen molar-refractivity contribution in [2.75, 3.05) is 40.9 Å². The number of rotatable bonds is 58. The third-order valence-electron chi connectivity index (χ3n) is 14.1. The summed E-state index contributed by atoms with van der Waals surface area (Å²) in [7, 11) is 1.17. The van der Waals surface area contributed by atoms with E-state index in [1.54, 1.807) is 0 Å². The first-order chi connectivity index (χ1) is 37.4. The molecule has 1 N–H and O–H groups in total. The van der Waals surface area contributed by atoms with E-state index in [2.05, 4.69) is 86.8 Å². The lowest BCUT2D eigenvalue weighted by atomic mass is 10.0. The second kappa shape index (κ2) is 56.7. The lowest BCUT2D eigenvalue weighted by Gasteiger charge is -2.30. The normalized spacial score (nSPS) is 14.1. The van der Waals surface area contributed by atoms with Crippen molar-refractivity contribution in [2.24, 2.45) is 0 Å². The summed E-state index contributed by atoms with van der Waals surface area (Å²) in [6.45, 7) is 6.78. The second-order valence-corrected chi connectivity index (χ2v) is 24.3. The number of carbonyl (C=O) groups excluding carboxylic acids is 2. The maximum absolute atomic E-state index is 13.5. The Morgan fingerprint density at radius 1 is 0.455 bits per heavy atom. The molecular weight excluding hydrogens is 976 g/mol. The van der Waals surface area contributed by atoms with Crippen molar-refractivity contribution < 1.29 is 37.3 Å². The molecule has 0 fully saturated rings. The molecule has 77 heavy (non-hydrogen) atoms. The summed E-state index contributed by atoms with van der Waals surface area (Å²) in [6, 6.07) is -0.900. The number of phosphoric acid groups is 1. The van der Waals surface area contributed by atoms with Gasteiger partial charge in [0.15, 0.2) is 0 Å². The number of esters is 1. The fourth-order valence-corrected chi connectivity index (χ4v) is 9.81. The molecule has 0 rings (SSSR count). The molecule has 3 atom stereocenters. The maximum Gasteiger partial charge on any atom is 0.306 e. The molecule has 9 nitrogen and oxygen atoms in total. The molecule has 0 saturated heterocycles. The van der Waals surface area contributed by atoms with Gasteiger partial charge in [-0.25, -0.2) is 0 Å². The topological polar surface area (TPSA) is 114 Å². The minimum absolute atomic E-state index is 0.0279. The molecule has 0 aliphatic carbocycles. The van der Waals surface area contributed by atoms with Gasteiger partial charge in [0.2, 0.25) is 5.91 Å². The van der Waals surface area contributed by atoms with Gasteiger partial charge in [-0.1, -0.05) is 248 Å². The van der Waals surface area contributed by atoms with Crippen molar-refractivity contribution in [1.29, 1.82) is 0 Å². The van der Waals surface area contributed by atoms with Crippen LogP contribution in [0.1, 0.15) is 290 Å². The Morgan fingerprint density at radius 2 is 0.792 bits per heavy atom. The van der Waals surface area contributed by atoms with E-state index in [4.69, 9.17) is 13.8 Å². The highest BCUT2D eigenvalue weighted by molar-refractivity contribution is 7.45. The minimum atomic E-state index is -4.71. The van der Waals surface area contributed by atoms with Crippen LogP contribution in [0.2, 0.25) is 0 Å². The van der Waals surface area contributed by atoms with Gasteiger partial charge in [0.25, 0.3) is 7.82 Å². The number of hydrogen-bond acceptors (Lipinski definition) is 7. The van der Waals surface area contributed by atoms with E-state index in [-0.39, 0.29) is 24.9 Å². The molecule has 0 aliphatic rings. The van der Waals surface area contributed by atoms with Crippen molar-refractivity contribution in [3.8, 4) is 0 Å². The second-order valence-electron chi connectivity index (χ2n) is 22.9. The molecule has 0 saturated carbocycles. The highest BCUT2D eigenvalue weighted by Gasteiger charge is 2.27. The Bertz CT molecular complexity index is 1550. The largest absolute Gasteiger partial charge is 0.756 e. The number of amides is 1. The lowest BCUT2D eigenvalue weighted by Crippen LogP contribution is -2.47. The number of phosphoric ester groups is 1. The maximum atomic E-state index is 13.5. The Labute approximate surface area is 476 Å². The molecule has 0 radical (unpaired) electrons. The minimum Gasteiger partial charge on any atom is -0.756 e. The van der Waals surface area contributed by atoms with Gasteiger partial charge in [0.05, 0.1) is 33.8 Å². The van der Waals surface area contributed by atoms with Gasteiger partial charge in [0, 0.05) is 12.8 Å². The first-order valence-electron chi connectivity index (χ1n) is 32.2. The van der Waals surface area contributed by atoms with Gasteiger partial charge in [0.1, 0.15) is 19.3 Å². The number of nitrogens with one attached hydrogen (secondary N) is 1. The van der Waals surface area contributed by atoms with Gasteiger partial charge in [-0.2, -0.15) is 0 Å². The Morgan fingerprint density at radius 3 is 1.21 bits per heavy atom. The van der Waals surface area contributed by atoms with Crippen molar-refractivity contribution in [3.63, 3.8) is 0 Å². The summed E-state index contributed by atoms with van der Waals surface area (Å²) in [5.74, 6) is -0.563. The van der Waals surface area contributed by atoms with Crippen LogP contribution in [-0.4, -0.2) is 69.4 Å². The highest BCUT2D eigenvalue weighted by Crippen LogP contribution is 2.38. The third kappa shape index (κ3) is 57.9. The predicted octanol–water partition coefficient (Wildman–Crippen LogP) is 19.4. The number of hydrogen-bond donors (Lipinski definition) is 1. The predicted molar refractivity (Wildman–Crippen MR) is 330 cm³/mol. The number of carbonyl (C=O) groups is 2. The fraction of sp³-hybridized carbons (Fsp3) is 0.791. The van der Waals surface area contributed by atoms with Gasteiger partial charge in [-0.15, -0.1) is 0 Å². The van der Waals surface area contributed by atoms with E-state index < -0.39 is 26.6 Å². The Kier molecular flexibility index (Phi) is 54.8. The van der Waals surface area contributed by atoms with Crippen molar-refractivity contribution >= 4 is 19.7 Å². The van der Waals surface area contributed by atoms with Crippen LogP contribution in [-0.2, 0) is 27.9 Å². The van der Waals surface area contributed by atoms with Crippen LogP contribution in [0.3, 0.4) is 0 Å². The van der Waals surface area contributed by atoms with Crippen LogP contribution in [0.4, 0.5) is 0 Å².